The van der Waals surface area contributed by atoms with Gasteiger partial charge in [-0.2, -0.15) is 4.99 Å². The Kier molecular flexibility index (Phi) is 5.21. The summed E-state index contributed by atoms with van der Waals surface area (Å²) in [6.07, 6.45) is 1.84. The third-order valence-corrected chi connectivity index (χ3v) is 6.44. The second-order valence-corrected chi connectivity index (χ2v) is 8.98. The first-order valence-electron chi connectivity index (χ1n) is 9.57. The number of rotatable bonds is 3. The van der Waals surface area contributed by atoms with Crippen LogP contribution in [0.3, 0.4) is 0 Å². The minimum atomic E-state index is -0.260. The van der Waals surface area contributed by atoms with E-state index in [0.717, 1.165) is 32.2 Å². The lowest BCUT2D eigenvalue weighted by Gasteiger charge is -2.06. The van der Waals surface area contributed by atoms with Crippen molar-refractivity contribution < 1.29 is 9.32 Å². The minimum absolute atomic E-state index is 0.260. The molecule has 152 valence electrons. The van der Waals surface area contributed by atoms with Gasteiger partial charge in [0.1, 0.15) is 5.52 Å². The van der Waals surface area contributed by atoms with Crippen LogP contribution < -0.4 is 5.32 Å². The number of carbonyl (C=O) groups is 1. The molecule has 7 heteroatoms. The molecule has 1 aliphatic rings. The number of thioether (sulfide) groups is 1. The summed E-state index contributed by atoms with van der Waals surface area (Å²) in [5, 5.41) is 8.82. The van der Waals surface area contributed by atoms with E-state index in [0.29, 0.717) is 15.8 Å². The molecule has 0 saturated heterocycles. The number of nitrogens with one attached hydrogen (secondary N) is 1. The number of aliphatic imine (C=N–C) groups is 1. The Labute approximate surface area is 191 Å². The number of hydrogen-bond donors (Lipinski definition) is 1. The van der Waals surface area contributed by atoms with Crippen molar-refractivity contribution in [1.82, 2.24) is 5.16 Å². The van der Waals surface area contributed by atoms with Crippen molar-refractivity contribution in [1.29, 1.82) is 0 Å². The first-order valence-corrected chi connectivity index (χ1v) is 11.2. The van der Waals surface area contributed by atoms with Gasteiger partial charge in [-0.05, 0) is 70.5 Å². The molecule has 0 unspecified atom stereocenters. The van der Waals surface area contributed by atoms with Gasteiger partial charge in [0.05, 0.1) is 16.0 Å². The molecule has 0 saturated carbocycles. The highest BCUT2D eigenvalue weighted by atomic mass is 79.9. The Bertz CT molecular complexity index is 1370. The summed E-state index contributed by atoms with van der Waals surface area (Å²) >= 11 is 4.81. The summed E-state index contributed by atoms with van der Waals surface area (Å²) in [5.41, 5.74) is 4.67. The zero-order valence-corrected chi connectivity index (χ0v) is 18.8. The molecule has 5 rings (SSSR count). The molecule has 0 fully saturated rings. The van der Waals surface area contributed by atoms with Gasteiger partial charge in [0.15, 0.2) is 10.9 Å². The maximum atomic E-state index is 12.4. The van der Waals surface area contributed by atoms with E-state index in [2.05, 4.69) is 31.4 Å². The lowest BCUT2D eigenvalue weighted by atomic mass is 10.0. The number of anilines is 1. The monoisotopic (exact) mass is 489 g/mol. The van der Waals surface area contributed by atoms with Crippen LogP contribution in [0.5, 0.6) is 0 Å². The number of carbonyl (C=O) groups excluding carboxylic acids is 1. The molecule has 0 spiro atoms. The highest BCUT2D eigenvalue weighted by Gasteiger charge is 2.22. The van der Waals surface area contributed by atoms with Crippen LogP contribution in [0.2, 0.25) is 0 Å². The molecule has 2 heterocycles. The number of benzene rings is 3. The van der Waals surface area contributed by atoms with Gasteiger partial charge >= 0.3 is 0 Å². The van der Waals surface area contributed by atoms with Crippen LogP contribution in [-0.4, -0.2) is 16.2 Å². The number of para-hydroxylation sites is 1. The van der Waals surface area contributed by atoms with E-state index in [1.54, 1.807) is 0 Å². The third kappa shape index (κ3) is 4.06. The molecule has 3 aromatic carbocycles. The molecule has 0 atom stereocenters. The minimum Gasteiger partial charge on any atom is -0.355 e. The van der Waals surface area contributed by atoms with Gasteiger partial charge in [-0.3, -0.25) is 4.79 Å². The molecule has 0 bridgehead atoms. The SMILES string of the molecule is Cc1ccc(-c2onc3ccc(/C=C4/SC(Nc5ccccc5Br)=NC4=O)cc23)cc1. The van der Waals surface area contributed by atoms with E-state index in [9.17, 15) is 4.79 Å². The Morgan fingerprint density at radius 2 is 1.87 bits per heavy atom. The highest BCUT2D eigenvalue weighted by Crippen LogP contribution is 2.33. The summed E-state index contributed by atoms with van der Waals surface area (Å²) < 4.78 is 6.51. The Balaban J connectivity index is 1.42. The fourth-order valence-corrected chi connectivity index (χ4v) is 4.46. The van der Waals surface area contributed by atoms with E-state index in [1.807, 2.05) is 79.7 Å². The summed E-state index contributed by atoms with van der Waals surface area (Å²) in [5.74, 6) is 0.455. The second kappa shape index (κ2) is 8.17. The maximum absolute atomic E-state index is 12.4. The summed E-state index contributed by atoms with van der Waals surface area (Å²) in [6, 6.07) is 21.6. The zero-order chi connectivity index (χ0) is 21.4. The molecule has 1 aliphatic heterocycles. The number of nitrogens with zero attached hydrogens (tertiary/aromatic N) is 2. The van der Waals surface area contributed by atoms with Crippen LogP contribution in [0.4, 0.5) is 5.69 Å². The molecule has 5 nitrogen and oxygen atoms in total. The standard InChI is InChI=1S/C24H16BrN3O2S/c1-14-6-9-16(10-7-14)22-17-12-15(8-11-19(17)28-30-22)13-21-23(29)27-24(31-21)26-20-5-3-2-4-18(20)25/h2-13H,1H3,(H,26,27,29)/b21-13+. The van der Waals surface area contributed by atoms with Crippen LogP contribution in [0.25, 0.3) is 28.3 Å². The molecule has 0 radical (unpaired) electrons. The van der Waals surface area contributed by atoms with Crippen LogP contribution in [-0.2, 0) is 4.79 Å². The molecule has 1 aromatic heterocycles. The Hall–Kier alpha value is -3.16. The van der Waals surface area contributed by atoms with E-state index in [1.165, 1.54) is 17.3 Å². The van der Waals surface area contributed by atoms with Gasteiger partial charge in [0, 0.05) is 10.0 Å². The van der Waals surface area contributed by atoms with Gasteiger partial charge in [-0.25, -0.2) is 0 Å². The van der Waals surface area contributed by atoms with E-state index < -0.39 is 0 Å². The van der Waals surface area contributed by atoms with Gasteiger partial charge in [-0.1, -0.05) is 53.2 Å². The highest BCUT2D eigenvalue weighted by molar-refractivity contribution is 9.10. The average Bonchev–Trinajstić information content (AvgIpc) is 3.33. The second-order valence-electron chi connectivity index (χ2n) is 7.09. The Morgan fingerprint density at radius 3 is 2.68 bits per heavy atom. The smallest absolute Gasteiger partial charge is 0.286 e. The predicted octanol–water partition coefficient (Wildman–Crippen LogP) is 6.65. The van der Waals surface area contributed by atoms with Crippen molar-refractivity contribution in [2.75, 3.05) is 5.32 Å². The van der Waals surface area contributed by atoms with Gasteiger partial charge in [0.2, 0.25) is 0 Å². The first kappa shape index (κ1) is 19.8. The van der Waals surface area contributed by atoms with Crippen molar-refractivity contribution in [2.24, 2.45) is 4.99 Å². The van der Waals surface area contributed by atoms with Gasteiger partial charge in [-0.15, -0.1) is 0 Å². The number of amidine groups is 1. The summed E-state index contributed by atoms with van der Waals surface area (Å²) in [6.45, 7) is 2.05. The topological polar surface area (TPSA) is 67.5 Å². The molecular weight excluding hydrogens is 474 g/mol. The van der Waals surface area contributed by atoms with E-state index >= 15 is 0 Å². The van der Waals surface area contributed by atoms with Crippen LogP contribution in [0.15, 0.2) is 85.6 Å². The Morgan fingerprint density at radius 1 is 1.06 bits per heavy atom. The largest absolute Gasteiger partial charge is 0.355 e. The molecule has 31 heavy (non-hydrogen) atoms. The molecule has 4 aromatic rings. The normalized spacial score (nSPS) is 15.0. The number of amides is 1. The van der Waals surface area contributed by atoms with Crippen molar-refractivity contribution in [2.45, 2.75) is 6.92 Å². The van der Waals surface area contributed by atoms with E-state index in [-0.39, 0.29) is 5.91 Å². The number of hydrogen-bond acceptors (Lipinski definition) is 5. The van der Waals surface area contributed by atoms with Gasteiger partial charge < -0.3 is 9.84 Å². The maximum Gasteiger partial charge on any atom is 0.286 e. The molecular formula is C24H16BrN3O2S. The third-order valence-electron chi connectivity index (χ3n) is 4.85. The van der Waals surface area contributed by atoms with Crippen molar-refractivity contribution >= 4 is 61.4 Å². The van der Waals surface area contributed by atoms with Crippen LogP contribution in [0, 0.1) is 6.92 Å². The zero-order valence-electron chi connectivity index (χ0n) is 16.4. The van der Waals surface area contributed by atoms with Crippen molar-refractivity contribution in [3.05, 3.63) is 87.2 Å². The van der Waals surface area contributed by atoms with Crippen LogP contribution >= 0.6 is 27.7 Å². The molecule has 1 amide bonds. The number of halogens is 1. The fourth-order valence-electron chi connectivity index (χ4n) is 3.25. The number of fused-ring (bicyclic) bond motifs is 1. The van der Waals surface area contributed by atoms with Crippen LogP contribution in [0.1, 0.15) is 11.1 Å². The molecule has 1 N–H and O–H groups in total. The predicted molar refractivity (Wildman–Crippen MR) is 130 cm³/mol. The van der Waals surface area contributed by atoms with Crippen molar-refractivity contribution in [3.63, 3.8) is 0 Å². The average molecular weight is 490 g/mol. The quantitative estimate of drug-likeness (QED) is 0.326. The van der Waals surface area contributed by atoms with Gasteiger partial charge in [0.25, 0.3) is 5.91 Å². The fraction of sp³-hybridized carbons (Fsp3) is 0.0417. The van der Waals surface area contributed by atoms with Crippen molar-refractivity contribution in [3.8, 4) is 11.3 Å². The number of aromatic nitrogens is 1. The lowest BCUT2D eigenvalue weighted by Crippen LogP contribution is -2.05. The lowest BCUT2D eigenvalue weighted by molar-refractivity contribution is -0.113. The molecule has 0 aliphatic carbocycles. The number of aryl methyl sites for hydroxylation is 1. The van der Waals surface area contributed by atoms with E-state index in [4.69, 9.17) is 4.52 Å². The first-order chi connectivity index (χ1) is 15.1. The summed E-state index contributed by atoms with van der Waals surface area (Å²) in [7, 11) is 0. The summed E-state index contributed by atoms with van der Waals surface area (Å²) in [4.78, 5) is 17.1.